The zero-order valence-corrected chi connectivity index (χ0v) is 11.2. The fraction of sp³-hybridized carbons (Fsp3) is 0.133. The van der Waals surface area contributed by atoms with Crippen LogP contribution in [0.2, 0.25) is 0 Å². The van der Waals surface area contributed by atoms with Crippen LogP contribution in [-0.2, 0) is 4.74 Å². The molecule has 0 radical (unpaired) electrons. The van der Waals surface area contributed by atoms with Gasteiger partial charge in [-0.2, -0.15) is 0 Å². The first-order chi connectivity index (χ1) is 8.70. The lowest BCUT2D eigenvalue weighted by molar-refractivity contribution is 0.0606. The molecule has 3 heteroatoms. The molecule has 2 aromatic rings. The molecule has 1 aromatic heterocycles. The van der Waals surface area contributed by atoms with Crippen LogP contribution in [0.3, 0.4) is 0 Å². The fourth-order valence-corrected chi connectivity index (χ4v) is 2.38. The lowest BCUT2D eigenvalue weighted by Gasteiger charge is -1.97. The Kier molecular flexibility index (Phi) is 3.95. The van der Waals surface area contributed by atoms with Crippen molar-refractivity contribution < 1.29 is 9.53 Å². The van der Waals surface area contributed by atoms with Gasteiger partial charge in [-0.3, -0.25) is 0 Å². The van der Waals surface area contributed by atoms with Gasteiger partial charge in [-0.1, -0.05) is 42.0 Å². The molecule has 0 spiro atoms. The Labute approximate surface area is 111 Å². The highest BCUT2D eigenvalue weighted by atomic mass is 32.1. The number of methoxy groups -OCH3 is 1. The van der Waals surface area contributed by atoms with Crippen molar-refractivity contribution in [3.8, 4) is 0 Å². The molecule has 0 aliphatic rings. The predicted molar refractivity (Wildman–Crippen MR) is 75.8 cm³/mol. The van der Waals surface area contributed by atoms with E-state index < -0.39 is 0 Å². The van der Waals surface area contributed by atoms with Crippen molar-refractivity contribution in [2.45, 2.75) is 6.92 Å². The van der Waals surface area contributed by atoms with Gasteiger partial charge in [0.05, 0.1) is 7.11 Å². The van der Waals surface area contributed by atoms with Crippen molar-refractivity contribution in [3.63, 3.8) is 0 Å². The molecule has 0 unspecified atom stereocenters. The Morgan fingerprint density at radius 3 is 2.56 bits per heavy atom. The van der Waals surface area contributed by atoms with Crippen molar-refractivity contribution in [3.05, 3.63) is 57.3 Å². The van der Waals surface area contributed by atoms with E-state index in [1.807, 2.05) is 23.6 Å². The van der Waals surface area contributed by atoms with Crippen LogP contribution < -0.4 is 0 Å². The second-order valence-electron chi connectivity index (χ2n) is 3.94. The van der Waals surface area contributed by atoms with Crippen LogP contribution in [0.15, 0.2) is 35.7 Å². The van der Waals surface area contributed by atoms with Crippen LogP contribution in [0.5, 0.6) is 0 Å². The summed E-state index contributed by atoms with van der Waals surface area (Å²) in [6.45, 7) is 2.06. The number of benzene rings is 1. The van der Waals surface area contributed by atoms with E-state index in [1.165, 1.54) is 24.0 Å². The molecule has 0 fully saturated rings. The Bertz CT molecular complexity index is 564. The number of aryl methyl sites for hydroxylation is 1. The number of hydrogen-bond acceptors (Lipinski definition) is 3. The highest BCUT2D eigenvalue weighted by Crippen LogP contribution is 2.20. The maximum absolute atomic E-state index is 11.5. The van der Waals surface area contributed by atoms with E-state index in [9.17, 15) is 4.79 Å². The van der Waals surface area contributed by atoms with Crippen molar-refractivity contribution in [1.29, 1.82) is 0 Å². The average molecular weight is 258 g/mol. The third-order valence-electron chi connectivity index (χ3n) is 2.60. The molecule has 92 valence electrons. The van der Waals surface area contributed by atoms with Gasteiger partial charge < -0.3 is 4.74 Å². The van der Waals surface area contributed by atoms with Crippen molar-refractivity contribution in [2.24, 2.45) is 0 Å². The van der Waals surface area contributed by atoms with Crippen LogP contribution >= 0.6 is 11.3 Å². The first kappa shape index (κ1) is 12.6. The van der Waals surface area contributed by atoms with Crippen LogP contribution in [0.25, 0.3) is 12.2 Å². The number of rotatable bonds is 3. The van der Waals surface area contributed by atoms with Gasteiger partial charge in [0.1, 0.15) is 4.88 Å². The van der Waals surface area contributed by atoms with Gasteiger partial charge in [-0.25, -0.2) is 4.79 Å². The highest BCUT2D eigenvalue weighted by molar-refractivity contribution is 7.12. The molecule has 0 atom stereocenters. The molecule has 1 aromatic carbocycles. The lowest BCUT2D eigenvalue weighted by Crippen LogP contribution is -1.99. The summed E-state index contributed by atoms with van der Waals surface area (Å²) < 4.78 is 4.74. The third kappa shape index (κ3) is 2.87. The summed E-state index contributed by atoms with van der Waals surface area (Å²) in [5, 5.41) is 1.89. The minimum atomic E-state index is -0.284. The smallest absolute Gasteiger partial charge is 0.348 e. The maximum atomic E-state index is 11.5. The van der Waals surface area contributed by atoms with Gasteiger partial charge in [-0.05, 0) is 29.5 Å². The summed E-state index contributed by atoms with van der Waals surface area (Å²) in [6, 6.07) is 10.1. The van der Waals surface area contributed by atoms with Crippen LogP contribution in [0, 0.1) is 6.92 Å². The van der Waals surface area contributed by atoms with Crippen LogP contribution in [0.4, 0.5) is 0 Å². The molecular weight excluding hydrogens is 244 g/mol. The highest BCUT2D eigenvalue weighted by Gasteiger charge is 2.10. The van der Waals surface area contributed by atoms with E-state index in [0.29, 0.717) is 4.88 Å². The number of carbonyl (C=O) groups excluding carboxylic acids is 1. The molecule has 0 aliphatic carbocycles. The number of hydrogen-bond donors (Lipinski definition) is 0. The largest absolute Gasteiger partial charge is 0.465 e. The molecule has 1 heterocycles. The van der Waals surface area contributed by atoms with E-state index in [-0.39, 0.29) is 5.97 Å². The van der Waals surface area contributed by atoms with Gasteiger partial charge in [0.15, 0.2) is 0 Å². The Morgan fingerprint density at radius 2 is 1.89 bits per heavy atom. The summed E-state index contributed by atoms with van der Waals surface area (Å²) >= 11 is 1.39. The standard InChI is InChI=1S/C15H14O2S/c1-11-3-5-12(6-4-11)7-8-13-9-10-18-14(13)15(16)17-2/h3-10H,1-2H3/b8-7+. The summed E-state index contributed by atoms with van der Waals surface area (Å²) in [6.07, 6.45) is 3.93. The maximum Gasteiger partial charge on any atom is 0.348 e. The zero-order chi connectivity index (χ0) is 13.0. The first-order valence-electron chi connectivity index (χ1n) is 5.61. The fourth-order valence-electron chi connectivity index (χ4n) is 1.57. The third-order valence-corrected chi connectivity index (χ3v) is 3.51. The number of carbonyl (C=O) groups is 1. The van der Waals surface area contributed by atoms with Gasteiger partial charge in [-0.15, -0.1) is 11.3 Å². The molecule has 2 rings (SSSR count). The average Bonchev–Trinajstić information content (AvgIpc) is 2.85. The minimum Gasteiger partial charge on any atom is -0.465 e. The molecule has 0 bridgehead atoms. The van der Waals surface area contributed by atoms with Crippen molar-refractivity contribution in [1.82, 2.24) is 0 Å². The van der Waals surface area contributed by atoms with E-state index >= 15 is 0 Å². The number of esters is 1. The van der Waals surface area contributed by atoms with Crippen LogP contribution in [-0.4, -0.2) is 13.1 Å². The van der Waals surface area contributed by atoms with Gasteiger partial charge in [0.25, 0.3) is 0 Å². The lowest BCUT2D eigenvalue weighted by atomic mass is 10.1. The van der Waals surface area contributed by atoms with Crippen molar-refractivity contribution >= 4 is 29.5 Å². The molecule has 0 saturated carbocycles. The molecular formula is C15H14O2S. The predicted octanol–water partition coefficient (Wildman–Crippen LogP) is 4.01. The number of thiophene rings is 1. The molecule has 2 nitrogen and oxygen atoms in total. The molecule has 18 heavy (non-hydrogen) atoms. The second kappa shape index (κ2) is 5.65. The minimum absolute atomic E-state index is 0.284. The van der Waals surface area contributed by atoms with E-state index in [0.717, 1.165) is 11.1 Å². The number of ether oxygens (including phenoxy) is 1. The summed E-state index contributed by atoms with van der Waals surface area (Å²) in [4.78, 5) is 12.1. The SMILES string of the molecule is COC(=O)c1sccc1/C=C/c1ccc(C)cc1. The normalized spacial score (nSPS) is 10.8. The summed E-state index contributed by atoms with van der Waals surface area (Å²) in [5.41, 5.74) is 3.24. The summed E-state index contributed by atoms with van der Waals surface area (Å²) in [7, 11) is 1.40. The van der Waals surface area contributed by atoms with E-state index in [4.69, 9.17) is 4.74 Å². The Hall–Kier alpha value is -1.87. The van der Waals surface area contributed by atoms with E-state index in [2.05, 4.69) is 31.2 Å². The molecule has 0 aliphatic heterocycles. The van der Waals surface area contributed by atoms with Gasteiger partial charge in [0, 0.05) is 0 Å². The van der Waals surface area contributed by atoms with E-state index in [1.54, 1.807) is 0 Å². The summed E-state index contributed by atoms with van der Waals surface area (Å²) in [5.74, 6) is -0.284. The zero-order valence-electron chi connectivity index (χ0n) is 10.3. The molecule has 0 saturated heterocycles. The molecule has 0 N–H and O–H groups in total. The Morgan fingerprint density at radius 1 is 1.17 bits per heavy atom. The second-order valence-corrected chi connectivity index (χ2v) is 4.86. The monoisotopic (exact) mass is 258 g/mol. The van der Waals surface area contributed by atoms with Crippen LogP contribution in [0.1, 0.15) is 26.4 Å². The topological polar surface area (TPSA) is 26.3 Å². The molecule has 0 amide bonds. The quantitative estimate of drug-likeness (QED) is 0.777. The van der Waals surface area contributed by atoms with Crippen molar-refractivity contribution in [2.75, 3.05) is 7.11 Å². The Balaban J connectivity index is 2.21. The van der Waals surface area contributed by atoms with Gasteiger partial charge in [0.2, 0.25) is 0 Å². The first-order valence-corrected chi connectivity index (χ1v) is 6.49. The van der Waals surface area contributed by atoms with Gasteiger partial charge >= 0.3 is 5.97 Å².